The number of rotatable bonds is 6. The Morgan fingerprint density at radius 2 is 2.07 bits per heavy atom. The van der Waals surface area contributed by atoms with E-state index >= 15 is 0 Å². The van der Waals surface area contributed by atoms with Crippen molar-refractivity contribution in [1.29, 1.82) is 0 Å². The molecule has 0 aromatic carbocycles. The number of hydrogen-bond acceptors (Lipinski definition) is 4. The molecule has 0 aliphatic carbocycles. The van der Waals surface area contributed by atoms with Crippen LogP contribution in [-0.2, 0) is 10.0 Å². The number of oxime groups is 1. The van der Waals surface area contributed by atoms with Crippen molar-refractivity contribution in [3.8, 4) is 0 Å². The van der Waals surface area contributed by atoms with Gasteiger partial charge in [-0.2, -0.15) is 4.31 Å². The van der Waals surface area contributed by atoms with Crippen molar-refractivity contribution >= 4 is 16.2 Å². The van der Waals surface area contributed by atoms with Gasteiger partial charge in [0.2, 0.25) is 10.0 Å². The lowest BCUT2D eigenvalue weighted by atomic mass is 9.95. The van der Waals surface area contributed by atoms with Crippen molar-refractivity contribution in [1.82, 2.24) is 4.31 Å². The van der Waals surface area contributed by atoms with Crippen molar-refractivity contribution in [3.05, 3.63) is 12.7 Å². The number of hydrogen-bond donors (Lipinski definition) is 1. The Labute approximate surface area is 91.1 Å². The molecule has 0 radical (unpaired) electrons. The van der Waals surface area contributed by atoms with Crippen LogP contribution in [0.15, 0.2) is 17.8 Å². The highest BCUT2D eigenvalue weighted by Gasteiger charge is 2.24. The Balaban J connectivity index is 4.77. The van der Waals surface area contributed by atoms with Gasteiger partial charge in [-0.15, -0.1) is 11.7 Å². The fourth-order valence-electron chi connectivity index (χ4n) is 1.11. The lowest BCUT2D eigenvalue weighted by Crippen LogP contribution is -2.39. The van der Waals surface area contributed by atoms with E-state index in [9.17, 15) is 8.42 Å². The van der Waals surface area contributed by atoms with E-state index in [-0.39, 0.29) is 13.1 Å². The van der Waals surface area contributed by atoms with Crippen molar-refractivity contribution in [2.24, 2.45) is 10.6 Å². The molecular formula is C9H18N2O3S. The van der Waals surface area contributed by atoms with Crippen molar-refractivity contribution in [3.63, 3.8) is 0 Å². The third-order valence-corrected chi connectivity index (χ3v) is 3.01. The summed E-state index contributed by atoms with van der Waals surface area (Å²) in [5.74, 6) is 0. The molecule has 15 heavy (non-hydrogen) atoms. The zero-order valence-corrected chi connectivity index (χ0v) is 10.2. The topological polar surface area (TPSA) is 70.0 Å². The van der Waals surface area contributed by atoms with E-state index in [2.05, 4.69) is 11.7 Å². The lowest BCUT2D eigenvalue weighted by molar-refractivity contribution is 0.303. The standard InChI is InChI=1S/C9H18N2O3S/c1-5-6-11(15(4,13)14)8-9(2,3)7-10-12/h5,7,12H,1,6,8H2,2-4H3. The van der Waals surface area contributed by atoms with E-state index in [0.717, 1.165) is 6.26 Å². The Morgan fingerprint density at radius 1 is 1.53 bits per heavy atom. The highest BCUT2D eigenvalue weighted by molar-refractivity contribution is 7.88. The van der Waals surface area contributed by atoms with Crippen LogP contribution in [0.3, 0.4) is 0 Å². The molecule has 5 nitrogen and oxygen atoms in total. The van der Waals surface area contributed by atoms with Gasteiger partial charge in [0.15, 0.2) is 0 Å². The molecule has 0 saturated heterocycles. The highest BCUT2D eigenvalue weighted by Crippen LogP contribution is 2.16. The summed E-state index contributed by atoms with van der Waals surface area (Å²) in [5, 5.41) is 11.4. The van der Waals surface area contributed by atoms with Gasteiger partial charge in [0.25, 0.3) is 0 Å². The second-order valence-electron chi connectivity index (χ2n) is 4.08. The van der Waals surface area contributed by atoms with Gasteiger partial charge in [0.05, 0.1) is 12.5 Å². The van der Waals surface area contributed by atoms with E-state index in [4.69, 9.17) is 5.21 Å². The molecule has 0 atom stereocenters. The molecule has 1 N–H and O–H groups in total. The molecule has 0 bridgehead atoms. The van der Waals surface area contributed by atoms with Gasteiger partial charge in [0.1, 0.15) is 0 Å². The number of nitrogens with zero attached hydrogens (tertiary/aromatic N) is 2. The first-order valence-corrected chi connectivity index (χ1v) is 6.32. The number of sulfonamides is 1. The van der Waals surface area contributed by atoms with E-state index < -0.39 is 15.4 Å². The third kappa shape index (κ3) is 5.54. The van der Waals surface area contributed by atoms with Crippen molar-refractivity contribution in [2.75, 3.05) is 19.3 Å². The first-order valence-electron chi connectivity index (χ1n) is 4.47. The summed E-state index contributed by atoms with van der Waals surface area (Å²) in [6.45, 7) is 7.58. The minimum Gasteiger partial charge on any atom is -0.411 e. The smallest absolute Gasteiger partial charge is 0.211 e. The summed E-state index contributed by atoms with van der Waals surface area (Å²) >= 11 is 0. The van der Waals surface area contributed by atoms with Crippen LogP contribution < -0.4 is 0 Å². The Hall–Kier alpha value is -0.880. The van der Waals surface area contributed by atoms with Crippen LogP contribution in [0, 0.1) is 5.41 Å². The molecule has 0 aromatic rings. The SMILES string of the molecule is C=CCN(CC(C)(C)C=NO)S(C)(=O)=O. The van der Waals surface area contributed by atoms with Gasteiger partial charge in [-0.25, -0.2) is 8.42 Å². The second kappa shape index (κ2) is 5.27. The molecule has 88 valence electrons. The summed E-state index contributed by atoms with van der Waals surface area (Å²) in [4.78, 5) is 0. The molecule has 0 aliphatic rings. The maximum absolute atomic E-state index is 11.4. The molecular weight excluding hydrogens is 216 g/mol. The van der Waals surface area contributed by atoms with Crippen LogP contribution in [0.5, 0.6) is 0 Å². The van der Waals surface area contributed by atoms with Crippen LogP contribution >= 0.6 is 0 Å². The predicted octanol–water partition coefficient (Wildman–Crippen LogP) is 0.920. The molecule has 0 saturated carbocycles. The summed E-state index contributed by atoms with van der Waals surface area (Å²) in [6.07, 6.45) is 3.98. The van der Waals surface area contributed by atoms with Crippen LogP contribution in [0.1, 0.15) is 13.8 Å². The molecule has 0 rings (SSSR count). The molecule has 0 fully saturated rings. The average molecular weight is 234 g/mol. The minimum absolute atomic E-state index is 0.252. The molecule has 0 aromatic heterocycles. The van der Waals surface area contributed by atoms with E-state index in [0.29, 0.717) is 0 Å². The molecule has 0 unspecified atom stereocenters. The Morgan fingerprint density at radius 3 is 2.40 bits per heavy atom. The zero-order chi connectivity index (χ0) is 12.1. The average Bonchev–Trinajstić information content (AvgIpc) is 2.01. The van der Waals surface area contributed by atoms with Crippen LogP contribution in [0.25, 0.3) is 0 Å². The Bertz CT molecular complexity index is 333. The second-order valence-corrected chi connectivity index (χ2v) is 6.06. The van der Waals surface area contributed by atoms with Crippen LogP contribution in [0.4, 0.5) is 0 Å². The van der Waals surface area contributed by atoms with Crippen molar-refractivity contribution < 1.29 is 13.6 Å². The minimum atomic E-state index is -3.26. The summed E-state index contributed by atoms with van der Waals surface area (Å²) in [6, 6.07) is 0. The normalized spacial score (nSPS) is 13.6. The quantitative estimate of drug-likeness (QED) is 0.321. The fourth-order valence-corrected chi connectivity index (χ4v) is 2.06. The van der Waals surface area contributed by atoms with E-state index in [1.165, 1.54) is 16.6 Å². The first-order chi connectivity index (χ1) is 6.73. The summed E-state index contributed by atoms with van der Waals surface area (Å²) in [7, 11) is -3.26. The van der Waals surface area contributed by atoms with Crippen molar-refractivity contribution in [2.45, 2.75) is 13.8 Å². The summed E-state index contributed by atoms with van der Waals surface area (Å²) < 4.78 is 24.0. The first kappa shape index (κ1) is 14.1. The van der Waals surface area contributed by atoms with Gasteiger partial charge in [-0.3, -0.25) is 0 Å². The van der Waals surface area contributed by atoms with Crippen LogP contribution in [0.2, 0.25) is 0 Å². The van der Waals surface area contributed by atoms with Gasteiger partial charge in [-0.1, -0.05) is 19.9 Å². The predicted molar refractivity (Wildman–Crippen MR) is 60.7 cm³/mol. The molecule has 0 spiro atoms. The lowest BCUT2D eigenvalue weighted by Gasteiger charge is -2.26. The van der Waals surface area contributed by atoms with E-state index in [1.807, 2.05) is 0 Å². The maximum Gasteiger partial charge on any atom is 0.211 e. The Kier molecular flexibility index (Phi) is 4.96. The molecule has 0 amide bonds. The molecule has 6 heteroatoms. The van der Waals surface area contributed by atoms with Gasteiger partial charge in [0, 0.05) is 18.5 Å². The van der Waals surface area contributed by atoms with Gasteiger partial charge in [-0.05, 0) is 0 Å². The van der Waals surface area contributed by atoms with Gasteiger partial charge < -0.3 is 5.21 Å². The molecule has 0 aliphatic heterocycles. The van der Waals surface area contributed by atoms with Gasteiger partial charge >= 0.3 is 0 Å². The highest BCUT2D eigenvalue weighted by atomic mass is 32.2. The monoisotopic (exact) mass is 234 g/mol. The fraction of sp³-hybridized carbons (Fsp3) is 0.667. The zero-order valence-electron chi connectivity index (χ0n) is 9.34. The van der Waals surface area contributed by atoms with Crippen LogP contribution in [-0.4, -0.2) is 43.5 Å². The molecule has 0 heterocycles. The summed E-state index contributed by atoms with van der Waals surface area (Å²) in [5.41, 5.74) is -0.513. The third-order valence-electron chi connectivity index (χ3n) is 1.79. The largest absolute Gasteiger partial charge is 0.411 e. The van der Waals surface area contributed by atoms with E-state index in [1.54, 1.807) is 13.8 Å². The maximum atomic E-state index is 11.4.